The average molecular weight is 260 g/mol. The lowest BCUT2D eigenvalue weighted by atomic mass is 9.71. The monoisotopic (exact) mass is 260 g/mol. The Morgan fingerprint density at radius 3 is 2.61 bits per heavy atom. The van der Waals surface area contributed by atoms with Gasteiger partial charge in [0.25, 0.3) is 0 Å². The molecule has 0 aromatic heterocycles. The Balaban J connectivity index is 2.00. The van der Waals surface area contributed by atoms with Crippen LogP contribution in [-0.4, -0.2) is 18.6 Å². The van der Waals surface area contributed by atoms with E-state index < -0.39 is 5.92 Å². The van der Waals surface area contributed by atoms with Crippen LogP contribution in [0.1, 0.15) is 52.9 Å². The molecule has 0 spiro atoms. The van der Waals surface area contributed by atoms with E-state index >= 15 is 0 Å². The van der Waals surface area contributed by atoms with Gasteiger partial charge in [-0.05, 0) is 42.9 Å². The first-order valence-electron chi connectivity index (χ1n) is 7.38. The normalized spacial score (nSPS) is 41.0. The van der Waals surface area contributed by atoms with Gasteiger partial charge in [0.15, 0.2) is 0 Å². The molecule has 1 saturated carbocycles. The first-order valence-corrected chi connectivity index (χ1v) is 7.38. The maximum Gasteiger partial charge on any atom is 0.248 e. The van der Waals surface area contributed by atoms with Crippen LogP contribution in [0.5, 0.6) is 0 Å². The van der Waals surface area contributed by atoms with Crippen molar-refractivity contribution >= 4 is 0 Å². The topological polar surface area (TPSA) is 9.23 Å². The molecule has 3 heteroatoms. The Morgan fingerprint density at radius 2 is 1.94 bits per heavy atom. The fourth-order valence-corrected chi connectivity index (χ4v) is 3.56. The Bertz CT molecular complexity index is 278. The van der Waals surface area contributed by atoms with Crippen LogP contribution >= 0.6 is 0 Å². The second kappa shape index (κ2) is 5.44. The number of hydrogen-bond donors (Lipinski definition) is 0. The quantitative estimate of drug-likeness (QED) is 0.710. The highest BCUT2D eigenvalue weighted by atomic mass is 19.3. The Morgan fingerprint density at radius 1 is 1.22 bits per heavy atom. The lowest BCUT2D eigenvalue weighted by molar-refractivity contribution is -0.126. The Hall–Kier alpha value is -0.180. The van der Waals surface area contributed by atoms with Gasteiger partial charge in [0.1, 0.15) is 0 Å². The summed E-state index contributed by atoms with van der Waals surface area (Å²) in [5.74, 6) is -0.760. The SMILES string of the molecule is CC(C)C1CCOC(C2CC(F)(F)CCC2C)C1. The molecule has 0 amide bonds. The van der Waals surface area contributed by atoms with Crippen molar-refractivity contribution in [1.29, 1.82) is 0 Å². The van der Waals surface area contributed by atoms with Crippen molar-refractivity contribution in [2.45, 2.75) is 64.9 Å². The maximum absolute atomic E-state index is 13.6. The van der Waals surface area contributed by atoms with Gasteiger partial charge in [-0.25, -0.2) is 8.78 Å². The molecule has 4 atom stereocenters. The number of ether oxygens (including phenoxy) is 1. The van der Waals surface area contributed by atoms with Crippen molar-refractivity contribution in [3.05, 3.63) is 0 Å². The first-order chi connectivity index (χ1) is 8.39. The van der Waals surface area contributed by atoms with Crippen molar-refractivity contribution in [2.24, 2.45) is 23.7 Å². The van der Waals surface area contributed by atoms with Gasteiger partial charge in [0.2, 0.25) is 5.92 Å². The summed E-state index contributed by atoms with van der Waals surface area (Å²) in [6.07, 6.45) is 2.86. The van der Waals surface area contributed by atoms with E-state index in [1.807, 2.05) is 0 Å². The highest BCUT2D eigenvalue weighted by molar-refractivity contribution is 4.89. The third kappa shape index (κ3) is 3.23. The van der Waals surface area contributed by atoms with Gasteiger partial charge in [0.05, 0.1) is 6.10 Å². The van der Waals surface area contributed by atoms with Crippen molar-refractivity contribution < 1.29 is 13.5 Å². The number of halogens is 2. The predicted molar refractivity (Wildman–Crippen MR) is 68.8 cm³/mol. The molecule has 2 rings (SSSR count). The van der Waals surface area contributed by atoms with Crippen LogP contribution in [-0.2, 0) is 4.74 Å². The lowest BCUT2D eigenvalue weighted by Gasteiger charge is -2.42. The van der Waals surface area contributed by atoms with Gasteiger partial charge in [-0.2, -0.15) is 0 Å². The van der Waals surface area contributed by atoms with Gasteiger partial charge >= 0.3 is 0 Å². The summed E-state index contributed by atoms with van der Waals surface area (Å²) in [5, 5.41) is 0. The van der Waals surface area contributed by atoms with E-state index in [1.165, 1.54) is 0 Å². The summed E-state index contributed by atoms with van der Waals surface area (Å²) in [6, 6.07) is 0. The third-order valence-electron chi connectivity index (χ3n) is 5.01. The van der Waals surface area contributed by atoms with E-state index in [0.717, 1.165) is 19.4 Å². The lowest BCUT2D eigenvalue weighted by Crippen LogP contribution is -2.42. The van der Waals surface area contributed by atoms with Crippen LogP contribution in [0.2, 0.25) is 0 Å². The molecule has 2 fully saturated rings. The molecule has 2 aliphatic rings. The zero-order chi connectivity index (χ0) is 13.3. The van der Waals surface area contributed by atoms with E-state index in [2.05, 4.69) is 20.8 Å². The largest absolute Gasteiger partial charge is 0.378 e. The molecule has 0 N–H and O–H groups in total. The average Bonchev–Trinajstić information content (AvgIpc) is 2.32. The van der Waals surface area contributed by atoms with E-state index in [1.54, 1.807) is 0 Å². The van der Waals surface area contributed by atoms with Crippen LogP contribution in [0, 0.1) is 23.7 Å². The molecule has 18 heavy (non-hydrogen) atoms. The minimum atomic E-state index is -2.47. The summed E-state index contributed by atoms with van der Waals surface area (Å²) >= 11 is 0. The van der Waals surface area contributed by atoms with Crippen LogP contribution in [0.25, 0.3) is 0 Å². The van der Waals surface area contributed by atoms with Crippen molar-refractivity contribution in [3.63, 3.8) is 0 Å². The summed E-state index contributed by atoms with van der Waals surface area (Å²) in [7, 11) is 0. The number of alkyl halides is 2. The van der Waals surface area contributed by atoms with E-state index in [-0.39, 0.29) is 24.9 Å². The van der Waals surface area contributed by atoms with Gasteiger partial charge in [0, 0.05) is 19.4 Å². The molecular weight excluding hydrogens is 234 g/mol. The molecule has 1 aliphatic heterocycles. The molecule has 1 aliphatic carbocycles. The summed E-state index contributed by atoms with van der Waals surface area (Å²) in [6.45, 7) is 7.32. The molecule has 1 heterocycles. The molecule has 0 aromatic carbocycles. The van der Waals surface area contributed by atoms with Crippen molar-refractivity contribution in [2.75, 3.05) is 6.61 Å². The van der Waals surface area contributed by atoms with Crippen LogP contribution in [0.15, 0.2) is 0 Å². The van der Waals surface area contributed by atoms with Gasteiger partial charge in [-0.1, -0.05) is 20.8 Å². The van der Waals surface area contributed by atoms with Crippen molar-refractivity contribution in [1.82, 2.24) is 0 Å². The zero-order valence-corrected chi connectivity index (χ0v) is 11.8. The molecule has 1 nitrogen and oxygen atoms in total. The van der Waals surface area contributed by atoms with Crippen LogP contribution in [0.4, 0.5) is 8.78 Å². The molecule has 106 valence electrons. The first kappa shape index (κ1) is 14.2. The van der Waals surface area contributed by atoms with Gasteiger partial charge in [-0.3, -0.25) is 0 Å². The van der Waals surface area contributed by atoms with Crippen LogP contribution in [0.3, 0.4) is 0 Å². The molecule has 1 saturated heterocycles. The van der Waals surface area contributed by atoms with Crippen molar-refractivity contribution in [3.8, 4) is 0 Å². The highest BCUT2D eigenvalue weighted by Crippen LogP contribution is 2.44. The number of hydrogen-bond acceptors (Lipinski definition) is 1. The Labute approximate surface area is 109 Å². The Kier molecular flexibility index (Phi) is 4.30. The molecule has 0 bridgehead atoms. The van der Waals surface area contributed by atoms with Crippen LogP contribution < -0.4 is 0 Å². The van der Waals surface area contributed by atoms with Gasteiger partial charge in [-0.15, -0.1) is 0 Å². The second-order valence-corrected chi connectivity index (χ2v) is 6.68. The molecule has 0 aromatic rings. The summed E-state index contributed by atoms with van der Waals surface area (Å²) in [4.78, 5) is 0. The van der Waals surface area contributed by atoms with E-state index in [0.29, 0.717) is 24.2 Å². The maximum atomic E-state index is 13.6. The fourth-order valence-electron chi connectivity index (χ4n) is 3.56. The molecule has 4 unspecified atom stereocenters. The third-order valence-corrected chi connectivity index (χ3v) is 5.01. The predicted octanol–water partition coefficient (Wildman–Crippen LogP) is 4.51. The summed E-state index contributed by atoms with van der Waals surface area (Å²) in [5.41, 5.74) is 0. The minimum Gasteiger partial charge on any atom is -0.378 e. The summed E-state index contributed by atoms with van der Waals surface area (Å²) < 4.78 is 33.0. The second-order valence-electron chi connectivity index (χ2n) is 6.68. The zero-order valence-electron chi connectivity index (χ0n) is 11.8. The standard InChI is InChI=1S/C15H26F2O/c1-10(2)12-5-7-18-14(8-12)13-9-15(16,17)6-4-11(13)3/h10-14H,4-9H2,1-3H3. The van der Waals surface area contributed by atoms with Gasteiger partial charge < -0.3 is 4.74 Å². The minimum absolute atomic E-state index is 0.0314. The smallest absolute Gasteiger partial charge is 0.248 e. The molecular formula is C15H26F2O. The van der Waals surface area contributed by atoms with E-state index in [9.17, 15) is 8.78 Å². The van der Waals surface area contributed by atoms with E-state index in [4.69, 9.17) is 4.74 Å². The highest BCUT2D eigenvalue weighted by Gasteiger charge is 2.44. The number of rotatable bonds is 2. The molecule has 0 radical (unpaired) electrons. The fraction of sp³-hybridized carbons (Fsp3) is 1.00.